The van der Waals surface area contributed by atoms with Crippen LogP contribution < -0.4 is 5.73 Å². The molecule has 1 atom stereocenters. The van der Waals surface area contributed by atoms with Gasteiger partial charge in [0.1, 0.15) is 5.82 Å². The smallest absolute Gasteiger partial charge is 0.170 e. The third kappa shape index (κ3) is 2.47. The first-order chi connectivity index (χ1) is 7.42. The number of rotatable bonds is 4. The van der Waals surface area contributed by atoms with Crippen LogP contribution in [0.4, 0.5) is 4.39 Å². The van der Waals surface area contributed by atoms with Gasteiger partial charge in [-0.2, -0.15) is 0 Å². The fourth-order valence-electron chi connectivity index (χ4n) is 1.61. The van der Waals surface area contributed by atoms with Crippen LogP contribution in [0.1, 0.15) is 36.2 Å². The quantitative estimate of drug-likeness (QED) is 0.797. The van der Waals surface area contributed by atoms with E-state index in [-0.39, 0.29) is 18.1 Å². The number of hydrogen-bond donors (Lipinski definition) is 1. The summed E-state index contributed by atoms with van der Waals surface area (Å²) in [6, 6.07) is 4.39. The molecule has 1 aromatic carbocycles. The number of nitrogens with two attached hydrogens (primary N) is 1. The SMILES string of the molecule is CCC(C)(CN)C(=O)c1cc(C)cc(F)c1. The number of aryl methyl sites for hydroxylation is 1. The van der Waals surface area contributed by atoms with Gasteiger partial charge in [-0.05, 0) is 37.1 Å². The average Bonchev–Trinajstić information content (AvgIpc) is 2.25. The topological polar surface area (TPSA) is 43.1 Å². The monoisotopic (exact) mass is 223 g/mol. The molecule has 0 fully saturated rings. The summed E-state index contributed by atoms with van der Waals surface area (Å²) in [4.78, 5) is 12.2. The summed E-state index contributed by atoms with van der Waals surface area (Å²) in [6.45, 7) is 5.77. The lowest BCUT2D eigenvalue weighted by Gasteiger charge is -2.24. The Kier molecular flexibility index (Phi) is 3.81. The third-order valence-electron chi connectivity index (χ3n) is 3.08. The van der Waals surface area contributed by atoms with E-state index < -0.39 is 5.41 Å². The van der Waals surface area contributed by atoms with E-state index in [0.717, 1.165) is 5.56 Å². The van der Waals surface area contributed by atoms with Crippen LogP contribution in [0.2, 0.25) is 0 Å². The molecule has 0 aliphatic carbocycles. The molecule has 1 aromatic rings. The molecule has 0 amide bonds. The summed E-state index contributed by atoms with van der Waals surface area (Å²) in [6.07, 6.45) is 0.651. The zero-order valence-electron chi connectivity index (χ0n) is 10.0. The minimum atomic E-state index is -0.597. The molecular formula is C13H18FNO. The lowest BCUT2D eigenvalue weighted by Crippen LogP contribution is -2.35. The minimum Gasteiger partial charge on any atom is -0.329 e. The Morgan fingerprint density at radius 1 is 1.44 bits per heavy atom. The summed E-state index contributed by atoms with van der Waals surface area (Å²) in [5.41, 5.74) is 6.18. The highest BCUT2D eigenvalue weighted by molar-refractivity contribution is 6.00. The number of Topliss-reactive ketones (excluding diaryl/α,β-unsaturated/α-hetero) is 1. The van der Waals surface area contributed by atoms with Crippen molar-refractivity contribution < 1.29 is 9.18 Å². The van der Waals surface area contributed by atoms with Crippen LogP contribution in [0.3, 0.4) is 0 Å². The van der Waals surface area contributed by atoms with Crippen LogP contribution >= 0.6 is 0 Å². The van der Waals surface area contributed by atoms with Crippen molar-refractivity contribution in [3.05, 3.63) is 35.1 Å². The van der Waals surface area contributed by atoms with Crippen molar-refractivity contribution >= 4 is 5.78 Å². The zero-order chi connectivity index (χ0) is 12.3. The standard InChI is InChI=1S/C13H18FNO/c1-4-13(3,8-15)12(16)10-5-9(2)6-11(14)7-10/h5-7H,4,8,15H2,1-3H3. The van der Waals surface area contributed by atoms with Crippen molar-refractivity contribution in [2.24, 2.45) is 11.1 Å². The molecule has 0 saturated carbocycles. The van der Waals surface area contributed by atoms with E-state index in [9.17, 15) is 9.18 Å². The van der Waals surface area contributed by atoms with Gasteiger partial charge in [0.15, 0.2) is 5.78 Å². The minimum absolute atomic E-state index is 0.0832. The van der Waals surface area contributed by atoms with Crippen LogP contribution in [-0.4, -0.2) is 12.3 Å². The van der Waals surface area contributed by atoms with E-state index in [1.165, 1.54) is 12.1 Å². The Morgan fingerprint density at radius 2 is 2.06 bits per heavy atom. The molecule has 0 heterocycles. The molecule has 3 heteroatoms. The molecule has 88 valence electrons. The van der Waals surface area contributed by atoms with Crippen LogP contribution in [0.15, 0.2) is 18.2 Å². The van der Waals surface area contributed by atoms with Crippen molar-refractivity contribution in [2.45, 2.75) is 27.2 Å². The first-order valence-electron chi connectivity index (χ1n) is 5.45. The summed E-state index contributed by atoms with van der Waals surface area (Å²) in [5, 5.41) is 0. The highest BCUT2D eigenvalue weighted by Gasteiger charge is 2.30. The summed E-state index contributed by atoms with van der Waals surface area (Å²) >= 11 is 0. The maximum Gasteiger partial charge on any atom is 0.170 e. The lowest BCUT2D eigenvalue weighted by atomic mass is 9.80. The second kappa shape index (κ2) is 4.74. The van der Waals surface area contributed by atoms with Gasteiger partial charge in [0.2, 0.25) is 0 Å². The molecule has 0 aliphatic rings. The van der Waals surface area contributed by atoms with Crippen molar-refractivity contribution in [3.8, 4) is 0 Å². The molecule has 0 bridgehead atoms. The first kappa shape index (κ1) is 12.8. The number of carbonyl (C=O) groups excluding carboxylic acids is 1. The van der Waals surface area contributed by atoms with Crippen LogP contribution in [0, 0.1) is 18.2 Å². The van der Waals surface area contributed by atoms with E-state index in [0.29, 0.717) is 12.0 Å². The highest BCUT2D eigenvalue weighted by atomic mass is 19.1. The Morgan fingerprint density at radius 3 is 2.50 bits per heavy atom. The van der Waals surface area contributed by atoms with Gasteiger partial charge >= 0.3 is 0 Å². The summed E-state index contributed by atoms with van der Waals surface area (Å²) in [5.74, 6) is -0.459. The molecule has 1 rings (SSSR count). The van der Waals surface area contributed by atoms with Gasteiger partial charge in [-0.15, -0.1) is 0 Å². The molecule has 0 radical (unpaired) electrons. The predicted molar refractivity (Wildman–Crippen MR) is 62.9 cm³/mol. The van der Waals surface area contributed by atoms with Gasteiger partial charge in [-0.1, -0.05) is 13.8 Å². The van der Waals surface area contributed by atoms with Crippen LogP contribution in [-0.2, 0) is 0 Å². The van der Waals surface area contributed by atoms with Crippen LogP contribution in [0.25, 0.3) is 0 Å². The van der Waals surface area contributed by atoms with Crippen molar-refractivity contribution in [1.29, 1.82) is 0 Å². The number of halogens is 1. The first-order valence-corrected chi connectivity index (χ1v) is 5.45. The van der Waals surface area contributed by atoms with Crippen molar-refractivity contribution in [1.82, 2.24) is 0 Å². The van der Waals surface area contributed by atoms with E-state index in [1.807, 2.05) is 13.8 Å². The highest BCUT2D eigenvalue weighted by Crippen LogP contribution is 2.26. The normalized spacial score (nSPS) is 14.6. The third-order valence-corrected chi connectivity index (χ3v) is 3.08. The molecule has 1 unspecified atom stereocenters. The molecule has 0 aliphatic heterocycles. The average molecular weight is 223 g/mol. The van der Waals surface area contributed by atoms with Gasteiger partial charge in [-0.25, -0.2) is 4.39 Å². The summed E-state index contributed by atoms with van der Waals surface area (Å²) in [7, 11) is 0. The van der Waals surface area contributed by atoms with Gasteiger partial charge in [0.25, 0.3) is 0 Å². The lowest BCUT2D eigenvalue weighted by molar-refractivity contribution is 0.0819. The number of benzene rings is 1. The Labute approximate surface area is 95.7 Å². The second-order valence-corrected chi connectivity index (χ2v) is 4.46. The molecule has 0 aromatic heterocycles. The van der Waals surface area contributed by atoms with E-state index in [1.54, 1.807) is 13.0 Å². The van der Waals surface area contributed by atoms with Gasteiger partial charge < -0.3 is 5.73 Å². The second-order valence-electron chi connectivity index (χ2n) is 4.46. The van der Waals surface area contributed by atoms with Crippen molar-refractivity contribution in [2.75, 3.05) is 6.54 Å². The van der Waals surface area contributed by atoms with Gasteiger partial charge in [-0.3, -0.25) is 4.79 Å². The number of hydrogen-bond acceptors (Lipinski definition) is 2. The number of ketones is 1. The largest absolute Gasteiger partial charge is 0.329 e. The zero-order valence-corrected chi connectivity index (χ0v) is 10.0. The Balaban J connectivity index is 3.13. The van der Waals surface area contributed by atoms with Crippen LogP contribution in [0.5, 0.6) is 0 Å². The molecule has 0 spiro atoms. The Bertz CT molecular complexity index is 377. The molecule has 2 nitrogen and oxygen atoms in total. The van der Waals surface area contributed by atoms with Gasteiger partial charge in [0.05, 0.1) is 0 Å². The summed E-state index contributed by atoms with van der Waals surface area (Å²) < 4.78 is 13.2. The maximum atomic E-state index is 13.2. The molecule has 2 N–H and O–H groups in total. The molecule has 0 saturated heterocycles. The maximum absolute atomic E-state index is 13.2. The Hall–Kier alpha value is -1.22. The van der Waals surface area contributed by atoms with E-state index >= 15 is 0 Å². The fourth-order valence-corrected chi connectivity index (χ4v) is 1.61. The van der Waals surface area contributed by atoms with E-state index in [4.69, 9.17) is 5.73 Å². The fraction of sp³-hybridized carbons (Fsp3) is 0.462. The van der Waals surface area contributed by atoms with E-state index in [2.05, 4.69) is 0 Å². The van der Waals surface area contributed by atoms with Gasteiger partial charge in [0, 0.05) is 17.5 Å². The number of carbonyl (C=O) groups is 1. The van der Waals surface area contributed by atoms with Crippen molar-refractivity contribution in [3.63, 3.8) is 0 Å². The molecular weight excluding hydrogens is 205 g/mol. The predicted octanol–water partition coefficient (Wildman–Crippen LogP) is 2.69. The molecule has 16 heavy (non-hydrogen) atoms.